The Morgan fingerprint density at radius 1 is 1.09 bits per heavy atom. The average molecular weight is 325 g/mol. The Kier molecular flexibility index (Phi) is 3.98. The van der Waals surface area contributed by atoms with Gasteiger partial charge < -0.3 is 9.47 Å². The molecule has 22 heavy (non-hydrogen) atoms. The molecule has 0 fully saturated rings. The topological polar surface area (TPSA) is 47.9 Å². The van der Waals surface area contributed by atoms with Crippen molar-refractivity contribution in [3.05, 3.63) is 53.8 Å². The van der Waals surface area contributed by atoms with Gasteiger partial charge in [0.2, 0.25) is 16.9 Å². The maximum absolute atomic E-state index is 14.1. The number of ether oxygens (including phenoxy) is 2. The van der Waals surface area contributed by atoms with Gasteiger partial charge in [-0.3, -0.25) is 0 Å². The molecule has 0 radical (unpaired) electrons. The molecule has 4 nitrogen and oxygen atoms in total. The first-order valence-electron chi connectivity index (χ1n) is 6.61. The standard InChI is InChI=1S/C15H13F2NO3S/c16-12-2-4-13(5-3-12)22(17,19)18-8-7-11-1-6-14-15(9-11)21-10-20-14/h1-6,9H,7-8,10H2/t22-/m1/s1. The number of halogens is 2. The van der Waals surface area contributed by atoms with E-state index in [0.717, 1.165) is 29.8 Å². The van der Waals surface area contributed by atoms with Gasteiger partial charge in [0, 0.05) is 0 Å². The summed E-state index contributed by atoms with van der Waals surface area (Å²) < 4.78 is 52.8. The van der Waals surface area contributed by atoms with Crippen molar-refractivity contribution in [2.24, 2.45) is 4.36 Å². The van der Waals surface area contributed by atoms with Crippen molar-refractivity contribution < 1.29 is 22.0 Å². The van der Waals surface area contributed by atoms with Gasteiger partial charge in [-0.05, 0) is 48.4 Å². The molecule has 1 aliphatic heterocycles. The number of fused-ring (bicyclic) bond motifs is 1. The van der Waals surface area contributed by atoms with Crippen LogP contribution in [0.3, 0.4) is 0 Å². The Morgan fingerprint density at radius 2 is 1.82 bits per heavy atom. The second kappa shape index (κ2) is 5.92. The van der Waals surface area contributed by atoms with Gasteiger partial charge in [-0.2, -0.15) is 0 Å². The second-order valence-corrected chi connectivity index (χ2v) is 6.35. The normalized spacial score (nSPS) is 15.4. The molecule has 0 amide bonds. The van der Waals surface area contributed by atoms with E-state index in [9.17, 15) is 12.5 Å². The zero-order chi connectivity index (χ0) is 15.6. The van der Waals surface area contributed by atoms with E-state index < -0.39 is 15.9 Å². The third-order valence-electron chi connectivity index (χ3n) is 3.20. The molecule has 0 N–H and O–H groups in total. The second-order valence-electron chi connectivity index (χ2n) is 4.70. The lowest BCUT2D eigenvalue weighted by atomic mass is 10.1. The highest BCUT2D eigenvalue weighted by Gasteiger charge is 2.14. The Bertz CT molecular complexity index is 799. The molecule has 2 aromatic carbocycles. The van der Waals surface area contributed by atoms with Crippen molar-refractivity contribution in [1.82, 2.24) is 0 Å². The number of hydrogen-bond donors (Lipinski definition) is 0. The van der Waals surface area contributed by atoms with E-state index in [1.165, 1.54) is 0 Å². The van der Waals surface area contributed by atoms with Gasteiger partial charge in [-0.15, -0.1) is 3.89 Å². The minimum absolute atomic E-state index is 0.0480. The van der Waals surface area contributed by atoms with Crippen LogP contribution in [0.15, 0.2) is 51.7 Å². The number of benzene rings is 2. The summed E-state index contributed by atoms with van der Waals surface area (Å²) in [6.07, 6.45) is 0.415. The Morgan fingerprint density at radius 3 is 2.59 bits per heavy atom. The quantitative estimate of drug-likeness (QED) is 0.808. The lowest BCUT2D eigenvalue weighted by Gasteiger charge is -2.03. The van der Waals surface area contributed by atoms with Gasteiger partial charge in [0.25, 0.3) is 0 Å². The molecular formula is C15H13F2NO3S. The van der Waals surface area contributed by atoms with E-state index in [1.807, 2.05) is 6.07 Å². The summed E-state index contributed by atoms with van der Waals surface area (Å²) in [5.74, 6) is 0.789. The molecule has 1 heterocycles. The van der Waals surface area contributed by atoms with Gasteiger partial charge in [0.15, 0.2) is 11.5 Å². The summed E-state index contributed by atoms with van der Waals surface area (Å²) in [4.78, 5) is -0.125. The fraction of sp³-hybridized carbons (Fsp3) is 0.200. The summed E-state index contributed by atoms with van der Waals surface area (Å²) >= 11 is 0. The van der Waals surface area contributed by atoms with E-state index in [2.05, 4.69) is 4.36 Å². The molecule has 0 unspecified atom stereocenters. The van der Waals surface area contributed by atoms with Gasteiger partial charge in [0.1, 0.15) is 5.82 Å². The zero-order valence-electron chi connectivity index (χ0n) is 11.5. The maximum atomic E-state index is 14.1. The van der Waals surface area contributed by atoms with Crippen LogP contribution in [0, 0.1) is 5.82 Å². The molecule has 0 saturated carbocycles. The molecule has 0 saturated heterocycles. The van der Waals surface area contributed by atoms with Crippen molar-refractivity contribution in [3.63, 3.8) is 0 Å². The smallest absolute Gasteiger partial charge is 0.231 e. The maximum Gasteiger partial charge on any atom is 0.231 e. The van der Waals surface area contributed by atoms with Gasteiger partial charge >= 0.3 is 0 Å². The first kappa shape index (κ1) is 14.8. The van der Waals surface area contributed by atoms with Crippen LogP contribution in [0.4, 0.5) is 8.28 Å². The SMILES string of the molecule is O=[S@](F)(=NCCc1ccc2c(c1)OCO2)c1ccc(F)cc1. The Balaban J connectivity index is 1.71. The van der Waals surface area contributed by atoms with E-state index in [0.29, 0.717) is 17.9 Å². The molecule has 2 aromatic rings. The third-order valence-corrected chi connectivity index (χ3v) is 4.57. The van der Waals surface area contributed by atoms with Gasteiger partial charge in [0.05, 0.1) is 11.4 Å². The molecular weight excluding hydrogens is 312 g/mol. The molecule has 1 atom stereocenters. The van der Waals surface area contributed by atoms with Gasteiger partial charge in [-0.25, -0.2) is 13.0 Å². The Hall–Kier alpha value is -2.15. The van der Waals surface area contributed by atoms with E-state index >= 15 is 0 Å². The molecule has 0 bridgehead atoms. The average Bonchev–Trinajstić information content (AvgIpc) is 2.95. The number of rotatable bonds is 4. The van der Waals surface area contributed by atoms with Crippen LogP contribution in [-0.4, -0.2) is 17.5 Å². The largest absolute Gasteiger partial charge is 0.454 e. The van der Waals surface area contributed by atoms with Crippen LogP contribution >= 0.6 is 0 Å². The van der Waals surface area contributed by atoms with Crippen LogP contribution in [-0.2, 0) is 16.5 Å². The van der Waals surface area contributed by atoms with Crippen molar-refractivity contribution >= 4 is 10.1 Å². The molecule has 0 aromatic heterocycles. The van der Waals surface area contributed by atoms with E-state index in [1.54, 1.807) is 12.1 Å². The summed E-state index contributed by atoms with van der Waals surface area (Å²) in [5.41, 5.74) is 0.877. The highest BCUT2D eigenvalue weighted by Crippen LogP contribution is 2.32. The first-order chi connectivity index (χ1) is 10.5. The van der Waals surface area contributed by atoms with Crippen LogP contribution in [0.25, 0.3) is 0 Å². The predicted octanol–water partition coefficient (Wildman–Crippen LogP) is 3.51. The molecule has 0 spiro atoms. The summed E-state index contributed by atoms with van der Waals surface area (Å²) in [7, 11) is -4.01. The van der Waals surface area contributed by atoms with E-state index in [4.69, 9.17) is 9.47 Å². The fourth-order valence-corrected chi connectivity index (χ4v) is 3.01. The van der Waals surface area contributed by atoms with Crippen molar-refractivity contribution in [2.45, 2.75) is 11.3 Å². The van der Waals surface area contributed by atoms with Gasteiger partial charge in [-0.1, -0.05) is 6.07 Å². The fourth-order valence-electron chi connectivity index (χ4n) is 2.07. The monoisotopic (exact) mass is 325 g/mol. The molecule has 3 rings (SSSR count). The number of hydrogen-bond acceptors (Lipinski definition) is 4. The first-order valence-corrected chi connectivity index (χ1v) is 8.03. The van der Waals surface area contributed by atoms with Crippen molar-refractivity contribution in [2.75, 3.05) is 13.3 Å². The zero-order valence-corrected chi connectivity index (χ0v) is 12.3. The predicted molar refractivity (Wildman–Crippen MR) is 77.5 cm³/mol. The van der Waals surface area contributed by atoms with Crippen LogP contribution in [0.2, 0.25) is 0 Å². The molecule has 0 aliphatic carbocycles. The van der Waals surface area contributed by atoms with E-state index in [-0.39, 0.29) is 18.2 Å². The molecule has 1 aliphatic rings. The number of nitrogens with zero attached hydrogens (tertiary/aromatic N) is 1. The van der Waals surface area contributed by atoms with Crippen LogP contribution in [0.5, 0.6) is 11.5 Å². The lowest BCUT2D eigenvalue weighted by Crippen LogP contribution is -1.97. The minimum Gasteiger partial charge on any atom is -0.454 e. The van der Waals surface area contributed by atoms with Crippen LogP contribution < -0.4 is 9.47 Å². The highest BCUT2D eigenvalue weighted by molar-refractivity contribution is 7.88. The molecule has 116 valence electrons. The highest BCUT2D eigenvalue weighted by atomic mass is 32.3. The molecule has 7 heteroatoms. The lowest BCUT2D eigenvalue weighted by molar-refractivity contribution is 0.174. The van der Waals surface area contributed by atoms with Crippen LogP contribution in [0.1, 0.15) is 5.56 Å². The summed E-state index contributed by atoms with van der Waals surface area (Å²) in [5, 5.41) is 0. The van der Waals surface area contributed by atoms with Crippen molar-refractivity contribution in [3.8, 4) is 11.5 Å². The third kappa shape index (κ3) is 3.19. The van der Waals surface area contributed by atoms with Crippen molar-refractivity contribution in [1.29, 1.82) is 0 Å². The summed E-state index contributed by atoms with van der Waals surface area (Å²) in [6, 6.07) is 9.77. The summed E-state index contributed by atoms with van der Waals surface area (Å²) in [6.45, 7) is 0.235. The Labute approximate surface area is 127 Å². The minimum atomic E-state index is -4.01.